The van der Waals surface area contributed by atoms with Crippen molar-refractivity contribution in [3.05, 3.63) is 45.9 Å². The van der Waals surface area contributed by atoms with Crippen molar-refractivity contribution in [2.24, 2.45) is 0 Å². The Morgan fingerprint density at radius 2 is 2.25 bits per heavy atom. The molecule has 0 unspecified atom stereocenters. The molecule has 0 fully saturated rings. The molecule has 4 nitrogen and oxygen atoms in total. The second kappa shape index (κ2) is 7.87. The molecule has 1 aromatic carbocycles. The van der Waals surface area contributed by atoms with Gasteiger partial charge in [0.1, 0.15) is 5.01 Å². The first-order chi connectivity index (χ1) is 9.17. The summed E-state index contributed by atoms with van der Waals surface area (Å²) in [6.45, 7) is 2.58. The van der Waals surface area contributed by atoms with Crippen molar-refractivity contribution in [3.63, 3.8) is 0 Å². The Labute approximate surface area is 128 Å². The van der Waals surface area contributed by atoms with Gasteiger partial charge in [-0.15, -0.1) is 23.7 Å². The minimum atomic E-state index is -0.0150. The highest BCUT2D eigenvalue weighted by molar-refractivity contribution is 7.11. The van der Waals surface area contributed by atoms with E-state index >= 15 is 0 Å². The van der Waals surface area contributed by atoms with E-state index < -0.39 is 0 Å². The van der Waals surface area contributed by atoms with Crippen molar-refractivity contribution in [2.75, 3.05) is 5.73 Å². The second-order valence-electron chi connectivity index (χ2n) is 4.27. The number of nitrogens with two attached hydrogens (primary N) is 1. The summed E-state index contributed by atoms with van der Waals surface area (Å²) in [5.74, 6) is -0.0150. The maximum atomic E-state index is 11.8. The molecule has 0 aliphatic carbocycles. The zero-order valence-corrected chi connectivity index (χ0v) is 12.9. The van der Waals surface area contributed by atoms with Crippen LogP contribution in [0.4, 0.5) is 5.69 Å². The Morgan fingerprint density at radius 3 is 2.90 bits per heavy atom. The number of hydrogen-bond acceptors (Lipinski definition) is 4. The number of hydrogen-bond donors (Lipinski definition) is 2. The molecule has 0 saturated carbocycles. The first-order valence-corrected chi connectivity index (χ1v) is 7.03. The molecule has 0 atom stereocenters. The fourth-order valence-corrected chi connectivity index (χ4v) is 2.52. The maximum Gasteiger partial charge on any atom is 0.224 e. The lowest BCUT2D eigenvalue weighted by molar-refractivity contribution is -0.120. The van der Waals surface area contributed by atoms with E-state index in [1.807, 2.05) is 30.5 Å². The van der Waals surface area contributed by atoms with E-state index in [1.54, 1.807) is 11.3 Å². The Morgan fingerprint density at radius 1 is 1.45 bits per heavy atom. The van der Waals surface area contributed by atoms with Crippen LogP contribution in [0.3, 0.4) is 0 Å². The summed E-state index contributed by atoms with van der Waals surface area (Å²) in [4.78, 5) is 17.3. The molecule has 20 heavy (non-hydrogen) atoms. The van der Waals surface area contributed by atoms with E-state index in [9.17, 15) is 4.79 Å². The zero-order valence-electron chi connectivity index (χ0n) is 11.3. The number of benzene rings is 1. The van der Waals surface area contributed by atoms with Crippen LogP contribution < -0.4 is 11.1 Å². The van der Waals surface area contributed by atoms with Gasteiger partial charge in [0.2, 0.25) is 5.91 Å². The molecule has 2 aromatic rings. The number of rotatable bonds is 5. The number of carbonyl (C=O) groups excluding carboxylic acids is 1. The highest BCUT2D eigenvalue weighted by Gasteiger charge is 2.05. The third-order valence-electron chi connectivity index (χ3n) is 2.70. The molecule has 6 heteroatoms. The Kier molecular flexibility index (Phi) is 6.48. The summed E-state index contributed by atoms with van der Waals surface area (Å²) in [6, 6.07) is 7.38. The quantitative estimate of drug-likeness (QED) is 0.834. The molecule has 108 valence electrons. The number of aryl methyl sites for hydroxylation is 1. The smallest absolute Gasteiger partial charge is 0.224 e. The Hall–Kier alpha value is -1.59. The minimum Gasteiger partial charge on any atom is -0.399 e. The van der Waals surface area contributed by atoms with Gasteiger partial charge in [-0.25, -0.2) is 4.98 Å². The molecule has 0 saturated heterocycles. The number of thiazole rings is 1. The molecule has 0 spiro atoms. The fraction of sp³-hybridized carbons (Fsp3) is 0.286. The van der Waals surface area contributed by atoms with E-state index in [0.717, 1.165) is 17.0 Å². The van der Waals surface area contributed by atoms with E-state index in [4.69, 9.17) is 5.73 Å². The SMILES string of the molecule is CCc1cnc(CNC(=O)Cc2cccc(N)c2)s1.Cl. The highest BCUT2D eigenvalue weighted by atomic mass is 35.5. The first-order valence-electron chi connectivity index (χ1n) is 6.22. The zero-order chi connectivity index (χ0) is 13.7. The molecular formula is C14H18ClN3OS. The number of carbonyl (C=O) groups is 1. The standard InChI is InChI=1S/C14H17N3OS.ClH/c1-2-12-8-17-14(19-12)9-16-13(18)7-10-4-3-5-11(15)6-10;/h3-6,8H,2,7,9,15H2,1H3,(H,16,18);1H. The first kappa shape index (κ1) is 16.5. The van der Waals surface area contributed by atoms with Gasteiger partial charge in [0.15, 0.2) is 0 Å². The van der Waals surface area contributed by atoms with E-state index in [0.29, 0.717) is 18.7 Å². The van der Waals surface area contributed by atoms with Crippen LogP contribution in [0.2, 0.25) is 0 Å². The van der Waals surface area contributed by atoms with Crippen LogP contribution in [-0.2, 0) is 24.2 Å². The van der Waals surface area contributed by atoms with Crippen molar-refractivity contribution in [3.8, 4) is 0 Å². The van der Waals surface area contributed by atoms with Gasteiger partial charge in [-0.2, -0.15) is 0 Å². The van der Waals surface area contributed by atoms with Gasteiger partial charge >= 0.3 is 0 Å². The van der Waals surface area contributed by atoms with Gasteiger partial charge in [0.25, 0.3) is 0 Å². The molecule has 1 aromatic heterocycles. The number of nitrogens with one attached hydrogen (secondary N) is 1. The summed E-state index contributed by atoms with van der Waals surface area (Å²) < 4.78 is 0. The second-order valence-corrected chi connectivity index (χ2v) is 5.47. The van der Waals surface area contributed by atoms with Gasteiger partial charge in [-0.1, -0.05) is 19.1 Å². The molecule has 0 bridgehead atoms. The lowest BCUT2D eigenvalue weighted by Crippen LogP contribution is -2.24. The molecule has 2 rings (SSSR count). The maximum absolute atomic E-state index is 11.8. The molecule has 0 radical (unpaired) electrons. The predicted molar refractivity (Wildman–Crippen MR) is 85.1 cm³/mol. The number of anilines is 1. The van der Waals surface area contributed by atoms with Crippen LogP contribution in [0.5, 0.6) is 0 Å². The molecule has 0 aliphatic rings. The van der Waals surface area contributed by atoms with Crippen LogP contribution in [0.15, 0.2) is 30.5 Å². The lowest BCUT2D eigenvalue weighted by Gasteiger charge is -2.04. The summed E-state index contributed by atoms with van der Waals surface area (Å²) >= 11 is 1.64. The summed E-state index contributed by atoms with van der Waals surface area (Å²) in [5.41, 5.74) is 7.28. The van der Waals surface area contributed by atoms with Crippen molar-refractivity contribution in [2.45, 2.75) is 26.3 Å². The van der Waals surface area contributed by atoms with E-state index in [-0.39, 0.29) is 18.3 Å². The summed E-state index contributed by atoms with van der Waals surface area (Å²) in [5, 5.41) is 3.81. The molecule has 0 aliphatic heterocycles. The largest absolute Gasteiger partial charge is 0.399 e. The number of amides is 1. The fourth-order valence-electron chi connectivity index (χ4n) is 1.72. The van der Waals surface area contributed by atoms with Crippen molar-refractivity contribution in [1.29, 1.82) is 0 Å². The highest BCUT2D eigenvalue weighted by Crippen LogP contribution is 2.13. The van der Waals surface area contributed by atoms with Gasteiger partial charge < -0.3 is 11.1 Å². The number of aromatic nitrogens is 1. The third kappa shape index (κ3) is 4.83. The average Bonchev–Trinajstić information content (AvgIpc) is 2.84. The van der Waals surface area contributed by atoms with Crippen molar-refractivity contribution < 1.29 is 4.79 Å². The van der Waals surface area contributed by atoms with Crippen molar-refractivity contribution in [1.82, 2.24) is 10.3 Å². The number of halogens is 1. The minimum absolute atomic E-state index is 0. The monoisotopic (exact) mass is 311 g/mol. The van der Waals surface area contributed by atoms with Crippen LogP contribution in [0.1, 0.15) is 22.4 Å². The van der Waals surface area contributed by atoms with E-state index in [1.165, 1.54) is 4.88 Å². The van der Waals surface area contributed by atoms with Gasteiger partial charge in [0.05, 0.1) is 13.0 Å². The predicted octanol–water partition coefficient (Wildman–Crippen LogP) is 2.57. The number of nitrogens with zero attached hydrogens (tertiary/aromatic N) is 1. The number of nitrogen functional groups attached to an aromatic ring is 1. The van der Waals surface area contributed by atoms with Crippen LogP contribution in [0.25, 0.3) is 0 Å². The van der Waals surface area contributed by atoms with Gasteiger partial charge in [-0.3, -0.25) is 4.79 Å². The summed E-state index contributed by atoms with van der Waals surface area (Å²) in [6.07, 6.45) is 3.19. The normalized spacial score (nSPS) is 9.85. The van der Waals surface area contributed by atoms with Crippen LogP contribution >= 0.6 is 23.7 Å². The van der Waals surface area contributed by atoms with E-state index in [2.05, 4.69) is 17.2 Å². The molecule has 1 heterocycles. The van der Waals surface area contributed by atoms with Gasteiger partial charge in [0, 0.05) is 16.8 Å². The van der Waals surface area contributed by atoms with Crippen molar-refractivity contribution >= 4 is 35.3 Å². The third-order valence-corrected chi connectivity index (χ3v) is 3.84. The van der Waals surface area contributed by atoms with Gasteiger partial charge in [-0.05, 0) is 24.1 Å². The average molecular weight is 312 g/mol. The molecule has 3 N–H and O–H groups in total. The van der Waals surface area contributed by atoms with Crippen LogP contribution in [-0.4, -0.2) is 10.9 Å². The molecule has 1 amide bonds. The molecular weight excluding hydrogens is 294 g/mol. The Balaban J connectivity index is 0.00000200. The summed E-state index contributed by atoms with van der Waals surface area (Å²) in [7, 11) is 0. The lowest BCUT2D eigenvalue weighted by atomic mass is 10.1. The Bertz CT molecular complexity index is 571. The van der Waals surface area contributed by atoms with Crippen LogP contribution in [0, 0.1) is 0 Å². The topological polar surface area (TPSA) is 68.0 Å².